The van der Waals surface area contributed by atoms with Crippen LogP contribution in [0.25, 0.3) is 0 Å². The highest BCUT2D eigenvalue weighted by Crippen LogP contribution is 2.30. The van der Waals surface area contributed by atoms with Gasteiger partial charge in [-0.25, -0.2) is 4.99 Å². The highest BCUT2D eigenvalue weighted by atomic mass is 127. The predicted octanol–water partition coefficient (Wildman–Crippen LogP) is 4.19. The maximum atomic E-state index is 5.73. The van der Waals surface area contributed by atoms with Gasteiger partial charge < -0.3 is 24.8 Å². The van der Waals surface area contributed by atoms with E-state index in [9.17, 15) is 0 Å². The van der Waals surface area contributed by atoms with Crippen LogP contribution in [-0.2, 0) is 0 Å². The molecule has 0 radical (unpaired) electrons. The number of ether oxygens (including phenoxy) is 3. The highest BCUT2D eigenvalue weighted by molar-refractivity contribution is 14.0. The Morgan fingerprint density at radius 3 is 2.50 bits per heavy atom. The van der Waals surface area contributed by atoms with Crippen LogP contribution in [0.4, 0.5) is 0 Å². The molecule has 8 heteroatoms. The van der Waals surface area contributed by atoms with E-state index in [1.165, 1.54) is 0 Å². The van der Waals surface area contributed by atoms with Gasteiger partial charge in [0.25, 0.3) is 0 Å². The quantitative estimate of drug-likeness (QED) is 0.197. The molecule has 1 aromatic carbocycles. The number of aliphatic imine (C=N–C) groups is 1. The van der Waals surface area contributed by atoms with Crippen LogP contribution in [0.1, 0.15) is 39.3 Å². The van der Waals surface area contributed by atoms with Gasteiger partial charge in [-0.05, 0) is 57.5 Å². The first-order valence-corrected chi connectivity index (χ1v) is 10.1. The Bertz CT molecular complexity index is 759. The van der Waals surface area contributed by atoms with E-state index in [0.717, 1.165) is 35.3 Å². The lowest BCUT2D eigenvalue weighted by molar-refractivity contribution is 0.287. The second-order valence-electron chi connectivity index (χ2n) is 6.24. The molecule has 0 amide bonds. The van der Waals surface area contributed by atoms with E-state index in [0.29, 0.717) is 26.4 Å². The van der Waals surface area contributed by atoms with E-state index in [1.54, 1.807) is 12.4 Å². The molecule has 0 bridgehead atoms. The van der Waals surface area contributed by atoms with Crippen molar-refractivity contribution in [3.05, 3.63) is 48.3 Å². The van der Waals surface area contributed by atoms with Crippen LogP contribution in [0.3, 0.4) is 0 Å². The van der Waals surface area contributed by atoms with Gasteiger partial charge in [0.1, 0.15) is 12.4 Å². The molecule has 0 aliphatic heterocycles. The smallest absolute Gasteiger partial charge is 0.191 e. The predicted molar refractivity (Wildman–Crippen MR) is 131 cm³/mol. The van der Waals surface area contributed by atoms with Crippen molar-refractivity contribution in [2.24, 2.45) is 4.99 Å². The van der Waals surface area contributed by atoms with E-state index in [4.69, 9.17) is 14.2 Å². The summed E-state index contributed by atoms with van der Waals surface area (Å²) in [5.74, 6) is 3.00. The largest absolute Gasteiger partial charge is 0.490 e. The lowest BCUT2D eigenvalue weighted by Gasteiger charge is -2.20. The van der Waals surface area contributed by atoms with E-state index < -0.39 is 0 Å². The first-order valence-electron chi connectivity index (χ1n) is 10.1. The average molecular weight is 528 g/mol. The summed E-state index contributed by atoms with van der Waals surface area (Å²) < 4.78 is 17.0. The summed E-state index contributed by atoms with van der Waals surface area (Å²) in [6, 6.07) is 9.78. The van der Waals surface area contributed by atoms with Crippen molar-refractivity contribution in [1.29, 1.82) is 0 Å². The van der Waals surface area contributed by atoms with Crippen LogP contribution >= 0.6 is 24.0 Å². The molecule has 2 N–H and O–H groups in total. The zero-order valence-corrected chi connectivity index (χ0v) is 20.5. The molecule has 0 aliphatic carbocycles. The van der Waals surface area contributed by atoms with Crippen LogP contribution in [0, 0.1) is 0 Å². The first kappa shape index (κ1) is 25.8. The van der Waals surface area contributed by atoms with Gasteiger partial charge in [-0.15, -0.1) is 24.0 Å². The van der Waals surface area contributed by atoms with Crippen molar-refractivity contribution in [2.75, 3.05) is 32.9 Å². The second-order valence-corrected chi connectivity index (χ2v) is 6.24. The summed E-state index contributed by atoms with van der Waals surface area (Å²) in [6.45, 7) is 11.0. The molecular formula is C22H33IN4O3. The van der Waals surface area contributed by atoms with Crippen LogP contribution in [0.5, 0.6) is 17.2 Å². The van der Waals surface area contributed by atoms with Crippen LogP contribution in [-0.4, -0.2) is 43.9 Å². The van der Waals surface area contributed by atoms with Crippen molar-refractivity contribution < 1.29 is 14.2 Å². The zero-order valence-electron chi connectivity index (χ0n) is 18.2. The highest BCUT2D eigenvalue weighted by Gasteiger charge is 2.12. The van der Waals surface area contributed by atoms with Crippen molar-refractivity contribution in [2.45, 2.75) is 33.7 Å². The van der Waals surface area contributed by atoms with Gasteiger partial charge in [-0.2, -0.15) is 0 Å². The second kappa shape index (κ2) is 14.7. The fraction of sp³-hybridized carbons (Fsp3) is 0.455. The molecule has 1 heterocycles. The molecule has 166 valence electrons. The Kier molecular flexibility index (Phi) is 12.6. The first-order chi connectivity index (χ1) is 14.2. The Labute approximate surface area is 196 Å². The number of rotatable bonds is 11. The number of nitrogens with zero attached hydrogens (tertiary/aromatic N) is 2. The minimum absolute atomic E-state index is 0. The Balaban J connectivity index is 0.00000450. The maximum Gasteiger partial charge on any atom is 0.191 e. The molecule has 0 spiro atoms. The summed E-state index contributed by atoms with van der Waals surface area (Å²) in [4.78, 5) is 8.63. The van der Waals surface area contributed by atoms with Crippen molar-refractivity contribution >= 4 is 29.9 Å². The summed E-state index contributed by atoms with van der Waals surface area (Å²) in [5, 5.41) is 6.70. The number of guanidine groups is 1. The summed E-state index contributed by atoms with van der Waals surface area (Å²) in [7, 11) is 0. The van der Waals surface area contributed by atoms with Crippen LogP contribution < -0.4 is 24.8 Å². The van der Waals surface area contributed by atoms with Crippen LogP contribution in [0.15, 0.2) is 47.7 Å². The number of hydrogen-bond acceptors (Lipinski definition) is 5. The lowest BCUT2D eigenvalue weighted by atomic mass is 10.1. The maximum absolute atomic E-state index is 5.73. The Hall–Kier alpha value is -2.23. The van der Waals surface area contributed by atoms with Crippen molar-refractivity contribution in [3.8, 4) is 17.2 Å². The van der Waals surface area contributed by atoms with Gasteiger partial charge in [0.2, 0.25) is 0 Å². The van der Waals surface area contributed by atoms with Crippen molar-refractivity contribution in [1.82, 2.24) is 15.6 Å². The van der Waals surface area contributed by atoms with Crippen molar-refractivity contribution in [3.63, 3.8) is 0 Å². The molecule has 0 fully saturated rings. The molecule has 0 aliphatic rings. The zero-order chi connectivity index (χ0) is 20.9. The fourth-order valence-corrected chi connectivity index (χ4v) is 2.70. The molecular weight excluding hydrogens is 495 g/mol. The average Bonchev–Trinajstić information content (AvgIpc) is 2.73. The number of nitrogens with one attached hydrogen (secondary N) is 2. The monoisotopic (exact) mass is 528 g/mol. The third-order valence-corrected chi connectivity index (χ3v) is 4.03. The summed E-state index contributed by atoms with van der Waals surface area (Å²) in [6.07, 6.45) is 3.41. The number of aromatic nitrogens is 1. The topological polar surface area (TPSA) is 77.0 Å². The number of pyridine rings is 1. The standard InChI is InChI=1S/C22H32N4O3.HI/c1-5-24-22(25-13-14-29-19-9-8-12-23-16-19)26-17(4)18-10-11-20(27-6-2)21(15-18)28-7-3;/h8-12,15-17H,5-7,13-14H2,1-4H3,(H2,24,25,26);1H. The fourth-order valence-electron chi connectivity index (χ4n) is 2.70. The molecule has 30 heavy (non-hydrogen) atoms. The Morgan fingerprint density at radius 2 is 1.83 bits per heavy atom. The molecule has 0 saturated carbocycles. The molecule has 2 aromatic rings. The third-order valence-electron chi connectivity index (χ3n) is 4.03. The van der Waals surface area contributed by atoms with Gasteiger partial charge in [0.15, 0.2) is 17.5 Å². The number of halogens is 1. The summed E-state index contributed by atoms with van der Waals surface area (Å²) >= 11 is 0. The number of hydrogen-bond donors (Lipinski definition) is 2. The van der Waals surface area contributed by atoms with Gasteiger partial charge >= 0.3 is 0 Å². The van der Waals surface area contributed by atoms with E-state index in [-0.39, 0.29) is 30.0 Å². The number of benzene rings is 1. The van der Waals surface area contributed by atoms with E-state index >= 15 is 0 Å². The lowest BCUT2D eigenvalue weighted by Crippen LogP contribution is -2.39. The van der Waals surface area contributed by atoms with Gasteiger partial charge in [0, 0.05) is 12.7 Å². The normalized spacial score (nSPS) is 11.8. The minimum atomic E-state index is 0. The third kappa shape index (κ3) is 8.64. The molecule has 2 rings (SSSR count). The van der Waals surface area contributed by atoms with E-state index in [2.05, 4.69) is 27.5 Å². The molecule has 1 atom stereocenters. The minimum Gasteiger partial charge on any atom is -0.490 e. The molecule has 1 unspecified atom stereocenters. The van der Waals surface area contributed by atoms with Gasteiger partial charge in [-0.1, -0.05) is 6.07 Å². The molecule has 0 saturated heterocycles. The van der Waals surface area contributed by atoms with Gasteiger partial charge in [-0.3, -0.25) is 4.98 Å². The van der Waals surface area contributed by atoms with Gasteiger partial charge in [0.05, 0.1) is 32.0 Å². The Morgan fingerprint density at radius 1 is 1.07 bits per heavy atom. The van der Waals surface area contributed by atoms with Crippen LogP contribution in [0.2, 0.25) is 0 Å². The molecule has 1 aromatic heterocycles. The SMILES string of the molecule is CCNC(=NCCOc1cccnc1)NC(C)c1ccc(OCC)c(OCC)c1.I. The molecule has 7 nitrogen and oxygen atoms in total. The van der Waals surface area contributed by atoms with E-state index in [1.807, 2.05) is 51.1 Å². The summed E-state index contributed by atoms with van der Waals surface area (Å²) in [5.41, 5.74) is 1.09.